The van der Waals surface area contributed by atoms with Crippen molar-refractivity contribution < 1.29 is 9.59 Å². The molecular formula is C12H19N3O2S. The van der Waals surface area contributed by atoms with Crippen LogP contribution in [0, 0.1) is 0 Å². The van der Waals surface area contributed by atoms with Gasteiger partial charge in [0.1, 0.15) is 12.1 Å². The molecule has 0 aromatic carbocycles. The van der Waals surface area contributed by atoms with Crippen molar-refractivity contribution in [3.63, 3.8) is 0 Å². The van der Waals surface area contributed by atoms with E-state index in [4.69, 9.17) is 5.73 Å². The molecule has 0 aliphatic rings. The van der Waals surface area contributed by atoms with E-state index in [1.807, 2.05) is 18.4 Å². The molecule has 1 rings (SSSR count). The number of carbonyl (C=O) groups excluding carboxylic acids is 2. The molecule has 0 bridgehead atoms. The highest BCUT2D eigenvalue weighted by Crippen LogP contribution is 2.16. The maximum atomic E-state index is 11.9. The number of nitrogens with one attached hydrogen (secondary N) is 1. The van der Waals surface area contributed by atoms with Gasteiger partial charge in [0.05, 0.1) is 0 Å². The van der Waals surface area contributed by atoms with Crippen molar-refractivity contribution in [2.24, 2.45) is 5.73 Å². The lowest BCUT2D eigenvalue weighted by Crippen LogP contribution is -2.47. The molecule has 0 spiro atoms. The molecule has 1 aromatic heterocycles. The summed E-state index contributed by atoms with van der Waals surface area (Å²) in [5, 5.41) is 4.50. The minimum absolute atomic E-state index is 0.121. The highest BCUT2D eigenvalue weighted by atomic mass is 32.1. The maximum Gasteiger partial charge on any atom is 0.244 e. The number of hydrogen-bond donors (Lipinski definition) is 2. The molecule has 0 saturated carbocycles. The molecule has 6 heteroatoms. The van der Waals surface area contributed by atoms with Crippen molar-refractivity contribution in [2.75, 3.05) is 13.6 Å². The standard InChI is InChI=1S/C12H19N3O2S/c1-4-15(3)12(17)8(2)14-11(16)10(13)9-6-5-7-18-9/h5-8,10H,4,13H2,1-3H3,(H,14,16). The van der Waals surface area contributed by atoms with Crippen LogP contribution in [0.1, 0.15) is 24.8 Å². The minimum Gasteiger partial charge on any atom is -0.344 e. The Bertz CT molecular complexity index is 405. The number of nitrogens with two attached hydrogens (primary N) is 1. The lowest BCUT2D eigenvalue weighted by molar-refractivity contribution is -0.135. The summed E-state index contributed by atoms with van der Waals surface area (Å²) in [7, 11) is 1.70. The van der Waals surface area contributed by atoms with E-state index in [-0.39, 0.29) is 11.8 Å². The summed E-state index contributed by atoms with van der Waals surface area (Å²) in [6, 6.07) is 2.37. The number of amides is 2. The number of likely N-dealkylation sites (N-methyl/N-ethyl adjacent to an activating group) is 1. The van der Waals surface area contributed by atoms with Gasteiger partial charge in [0.2, 0.25) is 11.8 Å². The predicted molar refractivity (Wildman–Crippen MR) is 72.2 cm³/mol. The van der Waals surface area contributed by atoms with Crippen molar-refractivity contribution in [1.29, 1.82) is 0 Å². The maximum absolute atomic E-state index is 11.9. The van der Waals surface area contributed by atoms with Crippen LogP contribution in [0.4, 0.5) is 0 Å². The van der Waals surface area contributed by atoms with Gasteiger partial charge in [-0.15, -0.1) is 11.3 Å². The lowest BCUT2D eigenvalue weighted by Gasteiger charge is -2.21. The second kappa shape index (κ2) is 6.51. The Morgan fingerprint density at radius 1 is 1.56 bits per heavy atom. The Labute approximate surface area is 111 Å². The van der Waals surface area contributed by atoms with E-state index in [0.717, 1.165) is 4.88 Å². The van der Waals surface area contributed by atoms with E-state index in [1.54, 1.807) is 24.9 Å². The van der Waals surface area contributed by atoms with Gasteiger partial charge in [-0.05, 0) is 25.3 Å². The van der Waals surface area contributed by atoms with E-state index in [9.17, 15) is 9.59 Å². The highest BCUT2D eigenvalue weighted by Gasteiger charge is 2.23. The van der Waals surface area contributed by atoms with Crippen LogP contribution in [0.2, 0.25) is 0 Å². The van der Waals surface area contributed by atoms with E-state index in [2.05, 4.69) is 5.32 Å². The molecule has 5 nitrogen and oxygen atoms in total. The number of hydrogen-bond acceptors (Lipinski definition) is 4. The summed E-state index contributed by atoms with van der Waals surface area (Å²) in [6.07, 6.45) is 0. The molecule has 0 radical (unpaired) electrons. The second-order valence-electron chi connectivity index (χ2n) is 4.08. The third-order valence-electron chi connectivity index (χ3n) is 2.71. The zero-order chi connectivity index (χ0) is 13.7. The van der Waals surface area contributed by atoms with Gasteiger partial charge in [-0.2, -0.15) is 0 Å². The molecule has 18 heavy (non-hydrogen) atoms. The Hall–Kier alpha value is -1.40. The topological polar surface area (TPSA) is 75.4 Å². The van der Waals surface area contributed by atoms with Gasteiger partial charge in [0, 0.05) is 18.5 Å². The summed E-state index contributed by atoms with van der Waals surface area (Å²) in [5.74, 6) is -0.452. The molecule has 1 heterocycles. The fraction of sp³-hybridized carbons (Fsp3) is 0.500. The van der Waals surface area contributed by atoms with Gasteiger partial charge in [-0.25, -0.2) is 0 Å². The van der Waals surface area contributed by atoms with Crippen molar-refractivity contribution >= 4 is 23.2 Å². The van der Waals surface area contributed by atoms with Crippen molar-refractivity contribution in [3.8, 4) is 0 Å². The number of thiophene rings is 1. The minimum atomic E-state index is -0.716. The van der Waals surface area contributed by atoms with Crippen LogP contribution in [-0.4, -0.2) is 36.3 Å². The monoisotopic (exact) mass is 269 g/mol. The number of nitrogens with zero attached hydrogens (tertiary/aromatic N) is 1. The summed E-state index contributed by atoms with van der Waals surface area (Å²) >= 11 is 1.42. The van der Waals surface area contributed by atoms with Crippen LogP contribution >= 0.6 is 11.3 Å². The molecule has 2 unspecified atom stereocenters. The van der Waals surface area contributed by atoms with Crippen LogP contribution in [0.25, 0.3) is 0 Å². The van der Waals surface area contributed by atoms with Gasteiger partial charge in [0.15, 0.2) is 0 Å². The third-order valence-corrected chi connectivity index (χ3v) is 3.67. The molecule has 0 saturated heterocycles. The first-order valence-electron chi connectivity index (χ1n) is 5.81. The SMILES string of the molecule is CCN(C)C(=O)C(C)NC(=O)C(N)c1cccs1. The van der Waals surface area contributed by atoms with Crippen molar-refractivity contribution in [3.05, 3.63) is 22.4 Å². The molecule has 100 valence electrons. The first kappa shape index (κ1) is 14.7. The Balaban J connectivity index is 2.57. The Morgan fingerprint density at radius 2 is 2.22 bits per heavy atom. The van der Waals surface area contributed by atoms with Gasteiger partial charge in [0.25, 0.3) is 0 Å². The molecular weight excluding hydrogens is 250 g/mol. The quantitative estimate of drug-likeness (QED) is 0.827. The average molecular weight is 269 g/mol. The average Bonchev–Trinajstić information content (AvgIpc) is 2.89. The van der Waals surface area contributed by atoms with Gasteiger partial charge < -0.3 is 16.0 Å². The lowest BCUT2D eigenvalue weighted by atomic mass is 10.2. The molecule has 0 aliphatic heterocycles. The van der Waals surface area contributed by atoms with E-state index in [1.165, 1.54) is 11.3 Å². The molecule has 3 N–H and O–H groups in total. The van der Waals surface area contributed by atoms with E-state index >= 15 is 0 Å². The number of rotatable bonds is 5. The molecule has 1 aromatic rings. The number of carbonyl (C=O) groups is 2. The first-order valence-corrected chi connectivity index (χ1v) is 6.69. The van der Waals surface area contributed by atoms with Gasteiger partial charge in [-0.1, -0.05) is 6.07 Å². The summed E-state index contributed by atoms with van der Waals surface area (Å²) in [5.41, 5.74) is 5.81. The summed E-state index contributed by atoms with van der Waals surface area (Å²) in [6.45, 7) is 4.15. The van der Waals surface area contributed by atoms with Crippen LogP contribution in [-0.2, 0) is 9.59 Å². The van der Waals surface area contributed by atoms with Crippen molar-refractivity contribution in [2.45, 2.75) is 25.9 Å². The van der Waals surface area contributed by atoms with Crippen LogP contribution in [0.3, 0.4) is 0 Å². The molecule has 0 fully saturated rings. The van der Waals surface area contributed by atoms with Crippen molar-refractivity contribution in [1.82, 2.24) is 10.2 Å². The fourth-order valence-corrected chi connectivity index (χ4v) is 2.17. The second-order valence-corrected chi connectivity index (χ2v) is 5.06. The van der Waals surface area contributed by atoms with Gasteiger partial charge >= 0.3 is 0 Å². The zero-order valence-corrected chi connectivity index (χ0v) is 11.7. The summed E-state index contributed by atoms with van der Waals surface area (Å²) < 4.78 is 0. The van der Waals surface area contributed by atoms with Crippen LogP contribution in [0.5, 0.6) is 0 Å². The summed E-state index contributed by atoms with van der Waals surface area (Å²) in [4.78, 5) is 26.0. The molecule has 0 aliphatic carbocycles. The smallest absolute Gasteiger partial charge is 0.244 e. The Kier molecular flexibility index (Phi) is 5.30. The predicted octanol–water partition coefficient (Wildman–Crippen LogP) is 0.731. The largest absolute Gasteiger partial charge is 0.344 e. The normalized spacial score (nSPS) is 13.8. The zero-order valence-electron chi connectivity index (χ0n) is 10.8. The molecule has 2 amide bonds. The fourth-order valence-electron chi connectivity index (χ4n) is 1.45. The first-order chi connectivity index (χ1) is 8.47. The van der Waals surface area contributed by atoms with E-state index < -0.39 is 12.1 Å². The highest BCUT2D eigenvalue weighted by molar-refractivity contribution is 7.10. The van der Waals surface area contributed by atoms with Gasteiger partial charge in [-0.3, -0.25) is 9.59 Å². The molecule has 2 atom stereocenters. The van der Waals surface area contributed by atoms with Crippen LogP contribution < -0.4 is 11.1 Å². The third kappa shape index (κ3) is 3.54. The van der Waals surface area contributed by atoms with Crippen LogP contribution in [0.15, 0.2) is 17.5 Å². The van der Waals surface area contributed by atoms with E-state index in [0.29, 0.717) is 6.54 Å². The Morgan fingerprint density at radius 3 is 2.72 bits per heavy atom.